The van der Waals surface area contributed by atoms with Crippen LogP contribution >= 0.6 is 0 Å². The SMILES string of the molecule is c1ccc(-n2c3ccccc3c3ccc(N(c4ccc(-c5ccc6c(c5)-c5ccccc5C65C6CC7CC(C6)CC5C7)cc4)c4cccc5ccccc45)cc32)cc1. The minimum absolute atomic E-state index is 0.202. The van der Waals surface area contributed by atoms with Crippen molar-refractivity contribution in [3.05, 3.63) is 193 Å². The predicted molar refractivity (Wildman–Crippen MR) is 242 cm³/mol. The first kappa shape index (κ1) is 32.7. The summed E-state index contributed by atoms with van der Waals surface area (Å²) in [6.07, 6.45) is 7.14. The summed E-state index contributed by atoms with van der Waals surface area (Å²) in [7, 11) is 0. The lowest BCUT2D eigenvalue weighted by Gasteiger charge is -2.61. The predicted octanol–water partition coefficient (Wildman–Crippen LogP) is 14.8. The number of hydrogen-bond acceptors (Lipinski definition) is 1. The lowest BCUT2D eigenvalue weighted by molar-refractivity contribution is -0.0399. The van der Waals surface area contributed by atoms with Crippen molar-refractivity contribution in [3.8, 4) is 27.9 Å². The first-order chi connectivity index (χ1) is 28.7. The van der Waals surface area contributed by atoms with Crippen LogP contribution < -0.4 is 4.90 Å². The minimum Gasteiger partial charge on any atom is -0.310 e. The van der Waals surface area contributed by atoms with E-state index in [1.807, 2.05) is 0 Å². The Morgan fingerprint density at radius 1 is 0.431 bits per heavy atom. The molecule has 278 valence electrons. The van der Waals surface area contributed by atoms with Gasteiger partial charge in [0.2, 0.25) is 0 Å². The van der Waals surface area contributed by atoms with Crippen molar-refractivity contribution < 1.29 is 0 Å². The van der Waals surface area contributed by atoms with Crippen LogP contribution in [0.15, 0.2) is 182 Å². The van der Waals surface area contributed by atoms with E-state index in [0.29, 0.717) is 0 Å². The summed E-state index contributed by atoms with van der Waals surface area (Å²) >= 11 is 0. The Bertz CT molecular complexity index is 3040. The molecular formula is C56H44N2. The van der Waals surface area contributed by atoms with E-state index < -0.39 is 0 Å². The van der Waals surface area contributed by atoms with Crippen LogP contribution in [0.25, 0.3) is 60.5 Å². The number of aromatic nitrogens is 1. The molecule has 4 saturated carbocycles. The fraction of sp³-hybridized carbons (Fsp3) is 0.179. The molecule has 9 aromatic rings. The Balaban J connectivity index is 0.949. The lowest BCUT2D eigenvalue weighted by Crippen LogP contribution is -2.55. The van der Waals surface area contributed by atoms with E-state index in [2.05, 4.69) is 191 Å². The van der Waals surface area contributed by atoms with Gasteiger partial charge >= 0.3 is 0 Å². The average molecular weight is 745 g/mol. The fourth-order valence-electron chi connectivity index (χ4n) is 12.9. The third-order valence-corrected chi connectivity index (χ3v) is 15.0. The van der Waals surface area contributed by atoms with Crippen LogP contribution in [0.3, 0.4) is 0 Å². The Kier molecular flexibility index (Phi) is 6.94. The number of benzene rings is 8. The van der Waals surface area contributed by atoms with E-state index in [-0.39, 0.29) is 5.41 Å². The molecule has 1 spiro atoms. The molecule has 58 heavy (non-hydrogen) atoms. The summed E-state index contributed by atoms with van der Waals surface area (Å²) in [6, 6.07) is 68.3. The molecule has 1 heterocycles. The standard InChI is InChI=1S/C56H44N2/c1-2-13-43(14-3-1)58-54-19-9-7-17-48(54)49-27-26-45(35-55(49)58)57(53-20-10-12-39-11-4-5-15-46(39)53)44-24-21-38(22-25-44)40-23-28-52-50(34-40)47-16-6-8-18-51(47)56(52)41-30-36-29-37(32-41)33-42(56)31-36/h1-28,34-37,41-42H,29-33H2. The van der Waals surface area contributed by atoms with Gasteiger partial charge in [0.05, 0.1) is 16.7 Å². The first-order valence-corrected chi connectivity index (χ1v) is 21.4. The van der Waals surface area contributed by atoms with E-state index >= 15 is 0 Å². The van der Waals surface area contributed by atoms with E-state index in [0.717, 1.165) is 40.7 Å². The highest BCUT2D eigenvalue weighted by Crippen LogP contribution is 2.69. The Morgan fingerprint density at radius 2 is 1.07 bits per heavy atom. The molecule has 2 nitrogen and oxygen atoms in total. The van der Waals surface area contributed by atoms with Crippen LogP contribution in [0.5, 0.6) is 0 Å². The van der Waals surface area contributed by atoms with E-state index in [1.54, 1.807) is 11.1 Å². The van der Waals surface area contributed by atoms with E-state index in [1.165, 1.54) is 92.6 Å². The lowest BCUT2D eigenvalue weighted by atomic mass is 9.43. The molecule has 0 unspecified atom stereocenters. The van der Waals surface area contributed by atoms with Gasteiger partial charge in [0.15, 0.2) is 0 Å². The molecule has 0 amide bonds. The molecule has 14 rings (SSSR count). The number of nitrogens with zero attached hydrogens (tertiary/aromatic N) is 2. The smallest absolute Gasteiger partial charge is 0.0561 e. The molecule has 0 radical (unpaired) electrons. The number of fused-ring (bicyclic) bond motifs is 7. The van der Waals surface area contributed by atoms with Crippen LogP contribution in [0, 0.1) is 23.7 Å². The summed E-state index contributed by atoms with van der Waals surface area (Å²) in [5.41, 5.74) is 16.0. The minimum atomic E-state index is 0.202. The summed E-state index contributed by atoms with van der Waals surface area (Å²) in [5.74, 6) is 3.46. The molecule has 2 heteroatoms. The maximum absolute atomic E-state index is 2.55. The quantitative estimate of drug-likeness (QED) is 0.170. The number of anilines is 3. The van der Waals surface area contributed by atoms with Gasteiger partial charge in [-0.2, -0.15) is 0 Å². The van der Waals surface area contributed by atoms with Crippen LogP contribution in [0.1, 0.15) is 43.2 Å². The molecule has 0 N–H and O–H groups in total. The van der Waals surface area contributed by atoms with Crippen molar-refractivity contribution >= 4 is 49.6 Å². The molecule has 4 bridgehead atoms. The number of para-hydroxylation sites is 2. The van der Waals surface area contributed by atoms with Gasteiger partial charge in [-0.3, -0.25) is 0 Å². The second-order valence-electron chi connectivity index (χ2n) is 17.7. The Hall–Kier alpha value is -6.38. The van der Waals surface area contributed by atoms with Crippen molar-refractivity contribution in [2.75, 3.05) is 4.90 Å². The zero-order chi connectivity index (χ0) is 38.0. The van der Waals surface area contributed by atoms with Gasteiger partial charge in [-0.25, -0.2) is 0 Å². The molecule has 5 aliphatic rings. The Labute approximate surface area is 340 Å². The molecule has 0 saturated heterocycles. The topological polar surface area (TPSA) is 8.17 Å². The highest BCUT2D eigenvalue weighted by molar-refractivity contribution is 6.11. The molecular weight excluding hydrogens is 701 g/mol. The maximum Gasteiger partial charge on any atom is 0.0561 e. The van der Waals surface area contributed by atoms with Gasteiger partial charge in [0, 0.05) is 38.6 Å². The highest BCUT2D eigenvalue weighted by Gasteiger charge is 2.61. The van der Waals surface area contributed by atoms with Crippen LogP contribution in [0.2, 0.25) is 0 Å². The van der Waals surface area contributed by atoms with E-state index in [4.69, 9.17) is 0 Å². The van der Waals surface area contributed by atoms with Crippen molar-refractivity contribution in [2.24, 2.45) is 23.7 Å². The van der Waals surface area contributed by atoms with Gasteiger partial charge in [-0.15, -0.1) is 0 Å². The molecule has 0 aliphatic heterocycles. The summed E-state index contributed by atoms with van der Waals surface area (Å²) in [6.45, 7) is 0. The zero-order valence-electron chi connectivity index (χ0n) is 32.6. The normalized spacial score (nSPS) is 22.6. The highest BCUT2D eigenvalue weighted by atomic mass is 15.1. The second kappa shape index (κ2) is 12.3. The van der Waals surface area contributed by atoms with Crippen molar-refractivity contribution in [1.82, 2.24) is 4.57 Å². The summed E-state index contributed by atoms with van der Waals surface area (Å²) in [4.78, 5) is 2.45. The molecule has 5 aliphatic carbocycles. The van der Waals surface area contributed by atoms with Crippen molar-refractivity contribution in [2.45, 2.75) is 37.5 Å². The van der Waals surface area contributed by atoms with Crippen LogP contribution in [-0.2, 0) is 5.41 Å². The maximum atomic E-state index is 2.55. The van der Waals surface area contributed by atoms with Gasteiger partial charge in [-0.1, -0.05) is 127 Å². The van der Waals surface area contributed by atoms with Gasteiger partial charge in [0.1, 0.15) is 0 Å². The average Bonchev–Trinajstić information content (AvgIpc) is 3.76. The molecule has 4 fully saturated rings. The molecule has 1 aromatic heterocycles. The molecule has 0 atom stereocenters. The van der Waals surface area contributed by atoms with Crippen LogP contribution in [0.4, 0.5) is 17.1 Å². The van der Waals surface area contributed by atoms with Crippen LogP contribution in [-0.4, -0.2) is 4.57 Å². The van der Waals surface area contributed by atoms with Gasteiger partial charge in [0.25, 0.3) is 0 Å². The third-order valence-electron chi connectivity index (χ3n) is 15.0. The van der Waals surface area contributed by atoms with Crippen molar-refractivity contribution in [3.63, 3.8) is 0 Å². The monoisotopic (exact) mass is 744 g/mol. The summed E-state index contributed by atoms with van der Waals surface area (Å²) in [5, 5.41) is 4.98. The first-order valence-electron chi connectivity index (χ1n) is 21.4. The second-order valence-corrected chi connectivity index (χ2v) is 17.7. The molecule has 8 aromatic carbocycles. The number of rotatable bonds is 5. The zero-order valence-corrected chi connectivity index (χ0v) is 32.6. The largest absolute Gasteiger partial charge is 0.310 e. The van der Waals surface area contributed by atoms with Gasteiger partial charge < -0.3 is 9.47 Å². The Morgan fingerprint density at radius 3 is 1.90 bits per heavy atom. The third kappa shape index (κ3) is 4.55. The fourth-order valence-corrected chi connectivity index (χ4v) is 12.9. The number of hydrogen-bond donors (Lipinski definition) is 0. The van der Waals surface area contributed by atoms with Gasteiger partial charge in [-0.05, 0) is 149 Å². The van der Waals surface area contributed by atoms with E-state index in [9.17, 15) is 0 Å². The summed E-state index contributed by atoms with van der Waals surface area (Å²) < 4.78 is 2.41. The van der Waals surface area contributed by atoms with Crippen molar-refractivity contribution in [1.29, 1.82) is 0 Å².